The first-order valence-corrected chi connectivity index (χ1v) is 11.1. The number of hydrogen-bond acceptors (Lipinski definition) is 11. The van der Waals surface area contributed by atoms with Crippen LogP contribution in [0.15, 0.2) is 0 Å². The SMILES string of the molecule is CC(C)C[C@H](N)C(=O)OC(=O)[C@@H](N)CCCCN.CC(C)C[C@H](N)C(=O)OC[C@H](N)C(=O)O. The third-order valence-electron chi connectivity index (χ3n) is 4.25. The number of unbranched alkanes of at least 4 members (excludes halogenated alkanes) is 1. The number of carboxylic acids is 1. The van der Waals surface area contributed by atoms with E-state index in [1.165, 1.54) is 0 Å². The van der Waals surface area contributed by atoms with Gasteiger partial charge in [0.15, 0.2) is 0 Å². The lowest BCUT2D eigenvalue weighted by Gasteiger charge is -2.14. The Balaban J connectivity index is 0. The first kappa shape index (κ1) is 33.1. The number of carbonyl (C=O) groups is 4. The van der Waals surface area contributed by atoms with E-state index in [0.29, 0.717) is 25.8 Å². The molecule has 0 unspecified atom stereocenters. The Morgan fingerprint density at radius 3 is 1.61 bits per heavy atom. The molecular formula is C21H43N5O7. The summed E-state index contributed by atoms with van der Waals surface area (Å²) in [7, 11) is 0. The van der Waals surface area contributed by atoms with Crippen LogP contribution < -0.4 is 28.7 Å². The van der Waals surface area contributed by atoms with Crippen molar-refractivity contribution < 1.29 is 33.8 Å². The molecule has 12 nitrogen and oxygen atoms in total. The van der Waals surface area contributed by atoms with Gasteiger partial charge in [-0.25, -0.2) is 9.59 Å². The molecule has 0 fully saturated rings. The van der Waals surface area contributed by atoms with Gasteiger partial charge in [0.05, 0.1) is 0 Å². The van der Waals surface area contributed by atoms with Crippen molar-refractivity contribution in [2.75, 3.05) is 13.2 Å². The van der Waals surface area contributed by atoms with Crippen LogP contribution in [0.2, 0.25) is 0 Å². The van der Waals surface area contributed by atoms with Gasteiger partial charge in [0.1, 0.15) is 30.8 Å². The lowest BCUT2D eigenvalue weighted by atomic mass is 10.0. The zero-order chi connectivity index (χ0) is 26.1. The van der Waals surface area contributed by atoms with Gasteiger partial charge in [-0.3, -0.25) is 9.59 Å². The van der Waals surface area contributed by atoms with Crippen molar-refractivity contribution in [1.29, 1.82) is 0 Å². The Hall–Kier alpha value is -2.12. The fourth-order valence-corrected chi connectivity index (χ4v) is 2.44. The third-order valence-corrected chi connectivity index (χ3v) is 4.25. The van der Waals surface area contributed by atoms with Gasteiger partial charge in [-0.05, 0) is 44.1 Å². The molecule has 11 N–H and O–H groups in total. The van der Waals surface area contributed by atoms with Crippen LogP contribution in [-0.4, -0.2) is 66.3 Å². The summed E-state index contributed by atoms with van der Waals surface area (Å²) < 4.78 is 9.30. The van der Waals surface area contributed by atoms with E-state index in [4.69, 9.17) is 33.8 Å². The average Bonchev–Trinajstić information content (AvgIpc) is 2.70. The van der Waals surface area contributed by atoms with Crippen LogP contribution in [-0.2, 0) is 28.7 Å². The van der Waals surface area contributed by atoms with Crippen LogP contribution in [0, 0.1) is 11.8 Å². The highest BCUT2D eigenvalue weighted by atomic mass is 16.6. The molecule has 0 saturated carbocycles. The number of nitrogens with two attached hydrogens (primary N) is 5. The number of esters is 3. The zero-order valence-electron chi connectivity index (χ0n) is 20.2. The molecule has 0 saturated heterocycles. The first-order chi connectivity index (χ1) is 15.2. The highest BCUT2D eigenvalue weighted by Crippen LogP contribution is 2.06. The van der Waals surface area contributed by atoms with Crippen LogP contribution in [0.25, 0.3) is 0 Å². The molecular weight excluding hydrogens is 434 g/mol. The summed E-state index contributed by atoms with van der Waals surface area (Å²) in [5.41, 5.74) is 27.2. The lowest BCUT2D eigenvalue weighted by Crippen LogP contribution is -2.40. The third kappa shape index (κ3) is 18.0. The van der Waals surface area contributed by atoms with Crippen molar-refractivity contribution in [1.82, 2.24) is 0 Å². The fraction of sp³-hybridized carbons (Fsp3) is 0.810. The minimum atomic E-state index is -1.21. The van der Waals surface area contributed by atoms with Gasteiger partial charge in [0.25, 0.3) is 0 Å². The number of ether oxygens (including phenoxy) is 2. The molecule has 0 bridgehead atoms. The minimum absolute atomic E-state index is 0.265. The second kappa shape index (κ2) is 18.3. The van der Waals surface area contributed by atoms with Gasteiger partial charge in [-0.2, -0.15) is 0 Å². The van der Waals surface area contributed by atoms with E-state index >= 15 is 0 Å². The lowest BCUT2D eigenvalue weighted by molar-refractivity contribution is -0.162. The molecule has 0 aliphatic rings. The molecule has 33 heavy (non-hydrogen) atoms. The van der Waals surface area contributed by atoms with Crippen molar-refractivity contribution in [3.05, 3.63) is 0 Å². The van der Waals surface area contributed by atoms with Crippen LogP contribution in [0.5, 0.6) is 0 Å². The second-order valence-corrected chi connectivity index (χ2v) is 8.68. The monoisotopic (exact) mass is 477 g/mol. The quantitative estimate of drug-likeness (QED) is 0.102. The Bertz CT molecular complexity index is 602. The normalized spacial score (nSPS) is 14.5. The Kier molecular flexibility index (Phi) is 18.4. The number of carboxylic acid groups (broad SMARTS) is 1. The Labute approximate surface area is 195 Å². The highest BCUT2D eigenvalue weighted by molar-refractivity contribution is 5.90. The van der Waals surface area contributed by atoms with E-state index in [-0.39, 0.29) is 18.4 Å². The Morgan fingerprint density at radius 1 is 0.727 bits per heavy atom. The van der Waals surface area contributed by atoms with Crippen molar-refractivity contribution >= 4 is 23.9 Å². The summed E-state index contributed by atoms with van der Waals surface area (Å²) >= 11 is 0. The van der Waals surface area contributed by atoms with Crippen molar-refractivity contribution in [3.63, 3.8) is 0 Å². The number of hydrogen-bond donors (Lipinski definition) is 6. The van der Waals surface area contributed by atoms with Gasteiger partial charge in [-0.1, -0.05) is 34.1 Å². The number of aliphatic carboxylic acids is 1. The predicted molar refractivity (Wildman–Crippen MR) is 123 cm³/mol. The average molecular weight is 478 g/mol. The molecule has 0 aromatic heterocycles. The van der Waals surface area contributed by atoms with Crippen LogP contribution in [0.4, 0.5) is 0 Å². The Morgan fingerprint density at radius 2 is 1.18 bits per heavy atom. The van der Waals surface area contributed by atoms with E-state index in [0.717, 1.165) is 12.8 Å². The molecule has 0 spiro atoms. The maximum atomic E-state index is 11.5. The molecule has 12 heteroatoms. The first-order valence-electron chi connectivity index (χ1n) is 11.1. The van der Waals surface area contributed by atoms with Gasteiger partial charge in [-0.15, -0.1) is 0 Å². The molecule has 0 heterocycles. The highest BCUT2D eigenvalue weighted by Gasteiger charge is 2.23. The molecule has 4 atom stereocenters. The van der Waals surface area contributed by atoms with E-state index in [1.54, 1.807) is 0 Å². The largest absolute Gasteiger partial charge is 0.480 e. The van der Waals surface area contributed by atoms with Gasteiger partial charge in [0, 0.05) is 0 Å². The zero-order valence-corrected chi connectivity index (χ0v) is 20.2. The van der Waals surface area contributed by atoms with Gasteiger partial charge >= 0.3 is 23.9 Å². The molecule has 0 aromatic rings. The smallest absolute Gasteiger partial charge is 0.330 e. The van der Waals surface area contributed by atoms with Crippen molar-refractivity contribution in [3.8, 4) is 0 Å². The molecule has 0 radical (unpaired) electrons. The molecule has 0 amide bonds. The van der Waals surface area contributed by atoms with E-state index in [1.807, 2.05) is 27.7 Å². The van der Waals surface area contributed by atoms with Gasteiger partial charge in [0.2, 0.25) is 0 Å². The maximum Gasteiger partial charge on any atom is 0.330 e. The van der Waals surface area contributed by atoms with Crippen LogP contribution in [0.3, 0.4) is 0 Å². The molecule has 0 aliphatic carbocycles. The summed E-state index contributed by atoms with van der Waals surface area (Å²) in [6.45, 7) is 7.94. The molecule has 0 aromatic carbocycles. The molecule has 0 aliphatic heterocycles. The minimum Gasteiger partial charge on any atom is -0.480 e. The van der Waals surface area contributed by atoms with Crippen molar-refractivity contribution in [2.45, 2.75) is 84.0 Å². The van der Waals surface area contributed by atoms with E-state index in [2.05, 4.69) is 9.47 Å². The van der Waals surface area contributed by atoms with Crippen LogP contribution >= 0.6 is 0 Å². The van der Waals surface area contributed by atoms with Gasteiger partial charge < -0.3 is 43.2 Å². The van der Waals surface area contributed by atoms with Crippen molar-refractivity contribution in [2.24, 2.45) is 40.5 Å². The summed E-state index contributed by atoms with van der Waals surface area (Å²) in [5.74, 6) is -2.69. The molecule has 0 rings (SSSR count). The fourth-order valence-electron chi connectivity index (χ4n) is 2.44. The maximum absolute atomic E-state index is 11.5. The molecule has 194 valence electrons. The summed E-state index contributed by atoms with van der Waals surface area (Å²) in [6, 6.07) is -3.47. The number of carbonyl (C=O) groups excluding carboxylic acids is 3. The summed E-state index contributed by atoms with van der Waals surface area (Å²) in [5, 5.41) is 8.43. The standard InChI is InChI=1S/C12H25N3O3.C9H18N2O4/c1-8(2)7-10(15)12(17)18-11(16)9(14)5-3-4-6-13;1-5(2)3-6(10)9(14)15-4-7(11)8(12)13/h8-10H,3-7,13-15H2,1-2H3;5-7H,3-4,10-11H2,1-2H3,(H,12,13)/t9-,10-;6-,7-/m00/s1. The predicted octanol–water partition coefficient (Wildman–Crippen LogP) is -0.799. The van der Waals surface area contributed by atoms with E-state index in [9.17, 15) is 19.2 Å². The van der Waals surface area contributed by atoms with Crippen LogP contribution in [0.1, 0.15) is 59.8 Å². The van der Waals surface area contributed by atoms with E-state index < -0.39 is 48.0 Å². The number of rotatable bonds is 14. The summed E-state index contributed by atoms with van der Waals surface area (Å²) in [4.78, 5) is 44.5. The topological polar surface area (TPSA) is 237 Å². The summed E-state index contributed by atoms with van der Waals surface area (Å²) in [6.07, 6.45) is 2.97. The second-order valence-electron chi connectivity index (χ2n) is 8.68.